The van der Waals surface area contributed by atoms with Gasteiger partial charge in [-0.15, -0.1) is 0 Å². The van der Waals surface area contributed by atoms with Crippen LogP contribution in [0.4, 0.5) is 13.2 Å². The molecule has 0 spiro atoms. The lowest BCUT2D eigenvalue weighted by atomic mass is 9.83. The first-order valence-corrected chi connectivity index (χ1v) is 8.56. The molecule has 1 unspecified atom stereocenters. The predicted octanol–water partition coefficient (Wildman–Crippen LogP) is 5.33. The lowest BCUT2D eigenvalue weighted by Gasteiger charge is -2.25. The van der Waals surface area contributed by atoms with Crippen molar-refractivity contribution in [2.45, 2.75) is 52.1 Å². The number of nitrogens with one attached hydrogen (secondary N) is 1. The monoisotopic (exact) mass is 338 g/mol. The molecule has 2 nitrogen and oxygen atoms in total. The number of fused-ring (bicyclic) bond motifs is 3. The van der Waals surface area contributed by atoms with Crippen LogP contribution in [0, 0.1) is 5.92 Å². The van der Waals surface area contributed by atoms with Crippen LogP contribution in [0.2, 0.25) is 0 Å². The van der Waals surface area contributed by atoms with Crippen LogP contribution in [0.15, 0.2) is 28.9 Å². The number of allylic oxidation sites excluding steroid dienone is 2. The highest BCUT2D eigenvalue weighted by Gasteiger charge is 2.43. The van der Waals surface area contributed by atoms with Gasteiger partial charge >= 0.3 is 6.18 Å². The standard InChI is InChI=1S/C16H17F3N2.C3H8/c1-20-21-9-11-5-2-6-12-13(11)8-10-4-3-7-14(15(10)12)16(17,18)19;1-3-2/h2,5-6,9-10,20H,3-4,7-8H2,1H3;3H2,1-2H3/b21-9-;. The SMILES string of the molecule is CCC.CN/N=C\c1cccc2c1CC1CCCC(C(F)(F)F)=C21. The Kier molecular flexibility index (Phi) is 6.08. The molecule has 0 amide bonds. The van der Waals surface area contributed by atoms with Gasteiger partial charge in [0, 0.05) is 12.6 Å². The van der Waals surface area contributed by atoms with Crippen molar-refractivity contribution in [2.75, 3.05) is 7.05 Å². The minimum atomic E-state index is -4.22. The van der Waals surface area contributed by atoms with Crippen molar-refractivity contribution in [1.29, 1.82) is 0 Å². The number of hydrogen-bond acceptors (Lipinski definition) is 2. The van der Waals surface area contributed by atoms with E-state index in [4.69, 9.17) is 0 Å². The quantitative estimate of drug-likeness (QED) is 0.572. The minimum absolute atomic E-state index is 0.00881. The fourth-order valence-electron chi connectivity index (χ4n) is 3.52. The van der Waals surface area contributed by atoms with Gasteiger partial charge in [0.05, 0.1) is 6.21 Å². The summed E-state index contributed by atoms with van der Waals surface area (Å²) >= 11 is 0. The maximum atomic E-state index is 13.3. The van der Waals surface area contributed by atoms with Gasteiger partial charge in [0.25, 0.3) is 0 Å². The van der Waals surface area contributed by atoms with E-state index >= 15 is 0 Å². The Bertz CT molecular complexity index is 630. The summed E-state index contributed by atoms with van der Waals surface area (Å²) in [5.74, 6) is 0.00881. The zero-order chi connectivity index (χ0) is 17.7. The van der Waals surface area contributed by atoms with Gasteiger partial charge < -0.3 is 5.43 Å². The van der Waals surface area contributed by atoms with E-state index in [0.717, 1.165) is 23.1 Å². The summed E-state index contributed by atoms with van der Waals surface area (Å²) in [5.41, 5.74) is 5.57. The summed E-state index contributed by atoms with van der Waals surface area (Å²) < 4.78 is 39.8. The highest BCUT2D eigenvalue weighted by Crippen LogP contribution is 2.50. The maximum Gasteiger partial charge on any atom is 0.412 e. The molecule has 0 heterocycles. The summed E-state index contributed by atoms with van der Waals surface area (Å²) in [5, 5.41) is 3.99. The van der Waals surface area contributed by atoms with E-state index in [1.165, 1.54) is 6.42 Å². The second kappa shape index (κ2) is 7.86. The van der Waals surface area contributed by atoms with E-state index in [1.807, 2.05) is 18.2 Å². The third kappa shape index (κ3) is 3.82. The minimum Gasteiger partial charge on any atom is -0.313 e. The molecule has 2 aliphatic carbocycles. The normalized spacial score (nSPS) is 19.7. The molecule has 3 rings (SSSR count). The third-order valence-corrected chi connectivity index (χ3v) is 4.34. The van der Waals surface area contributed by atoms with Gasteiger partial charge in [-0.3, -0.25) is 0 Å². The largest absolute Gasteiger partial charge is 0.412 e. The summed E-state index contributed by atoms with van der Waals surface area (Å²) in [6.07, 6.45) is 1.01. The van der Waals surface area contributed by atoms with E-state index in [0.29, 0.717) is 18.4 Å². The van der Waals surface area contributed by atoms with E-state index in [1.54, 1.807) is 13.3 Å². The van der Waals surface area contributed by atoms with E-state index in [9.17, 15) is 13.2 Å². The average molecular weight is 338 g/mol. The summed E-state index contributed by atoms with van der Waals surface area (Å²) in [7, 11) is 1.70. The number of hydrazone groups is 1. The van der Waals surface area contributed by atoms with E-state index in [-0.39, 0.29) is 17.9 Å². The Morgan fingerprint density at radius 3 is 2.62 bits per heavy atom. The second-order valence-corrected chi connectivity index (χ2v) is 6.25. The molecule has 0 radical (unpaired) electrons. The Labute approximate surface area is 141 Å². The molecule has 0 bridgehead atoms. The van der Waals surface area contributed by atoms with Crippen molar-refractivity contribution in [3.8, 4) is 0 Å². The highest BCUT2D eigenvalue weighted by molar-refractivity contribution is 5.88. The van der Waals surface area contributed by atoms with Gasteiger partial charge in [0.15, 0.2) is 0 Å². The highest BCUT2D eigenvalue weighted by atomic mass is 19.4. The molecule has 1 N–H and O–H groups in total. The molecule has 132 valence electrons. The van der Waals surface area contributed by atoms with Crippen molar-refractivity contribution >= 4 is 11.8 Å². The number of rotatable bonds is 2. The Balaban J connectivity index is 0.000000647. The van der Waals surface area contributed by atoms with Crippen LogP contribution in [0.25, 0.3) is 5.57 Å². The number of benzene rings is 1. The molecular formula is C19H25F3N2. The Morgan fingerprint density at radius 2 is 2.00 bits per heavy atom. The van der Waals surface area contributed by atoms with Crippen molar-refractivity contribution in [2.24, 2.45) is 11.0 Å². The van der Waals surface area contributed by atoms with Crippen LogP contribution in [0.3, 0.4) is 0 Å². The zero-order valence-corrected chi connectivity index (χ0v) is 14.5. The van der Waals surface area contributed by atoms with E-state index < -0.39 is 6.18 Å². The lowest BCUT2D eigenvalue weighted by Crippen LogP contribution is -2.19. The van der Waals surface area contributed by atoms with Crippen LogP contribution in [-0.2, 0) is 6.42 Å². The molecule has 5 heteroatoms. The second-order valence-electron chi connectivity index (χ2n) is 6.25. The first-order valence-electron chi connectivity index (χ1n) is 8.56. The molecule has 1 atom stereocenters. The fraction of sp³-hybridized carbons (Fsp3) is 0.526. The topological polar surface area (TPSA) is 24.4 Å². The molecule has 1 aromatic carbocycles. The van der Waals surface area contributed by atoms with Crippen molar-refractivity contribution in [1.82, 2.24) is 5.43 Å². The number of nitrogens with zero attached hydrogens (tertiary/aromatic N) is 1. The Hall–Kier alpha value is -1.78. The van der Waals surface area contributed by atoms with Crippen LogP contribution in [-0.4, -0.2) is 19.4 Å². The number of halogens is 3. The maximum absolute atomic E-state index is 13.3. The van der Waals surface area contributed by atoms with Gasteiger partial charge in [-0.1, -0.05) is 38.5 Å². The first-order chi connectivity index (χ1) is 11.4. The molecule has 0 aromatic heterocycles. The van der Waals surface area contributed by atoms with Gasteiger partial charge in [0.1, 0.15) is 0 Å². The molecular weight excluding hydrogens is 313 g/mol. The van der Waals surface area contributed by atoms with Gasteiger partial charge in [0.2, 0.25) is 0 Å². The smallest absolute Gasteiger partial charge is 0.313 e. The molecule has 24 heavy (non-hydrogen) atoms. The third-order valence-electron chi connectivity index (χ3n) is 4.34. The van der Waals surface area contributed by atoms with Gasteiger partial charge in [-0.25, -0.2) is 0 Å². The summed E-state index contributed by atoms with van der Waals surface area (Å²) in [6, 6.07) is 5.54. The van der Waals surface area contributed by atoms with Crippen molar-refractivity contribution in [3.05, 3.63) is 40.5 Å². The Morgan fingerprint density at radius 1 is 1.29 bits per heavy atom. The fourth-order valence-corrected chi connectivity index (χ4v) is 3.52. The van der Waals surface area contributed by atoms with Crippen molar-refractivity contribution in [3.63, 3.8) is 0 Å². The van der Waals surface area contributed by atoms with Crippen LogP contribution >= 0.6 is 0 Å². The van der Waals surface area contributed by atoms with Gasteiger partial charge in [-0.05, 0) is 53.9 Å². The predicted molar refractivity (Wildman–Crippen MR) is 93.1 cm³/mol. The number of hydrogen-bond donors (Lipinski definition) is 1. The van der Waals surface area contributed by atoms with Crippen molar-refractivity contribution < 1.29 is 13.2 Å². The number of alkyl halides is 3. The molecule has 0 saturated heterocycles. The molecule has 1 aromatic rings. The molecule has 0 saturated carbocycles. The summed E-state index contributed by atoms with van der Waals surface area (Å²) in [6.45, 7) is 4.25. The van der Waals surface area contributed by atoms with Gasteiger partial charge in [-0.2, -0.15) is 18.3 Å². The van der Waals surface area contributed by atoms with Crippen LogP contribution < -0.4 is 5.43 Å². The first kappa shape index (κ1) is 18.6. The average Bonchev–Trinajstić information content (AvgIpc) is 2.92. The lowest BCUT2D eigenvalue weighted by molar-refractivity contribution is -0.0945. The van der Waals surface area contributed by atoms with Crippen LogP contribution in [0.1, 0.15) is 56.2 Å². The summed E-state index contributed by atoms with van der Waals surface area (Å²) in [4.78, 5) is 0. The van der Waals surface area contributed by atoms with E-state index in [2.05, 4.69) is 24.4 Å². The molecule has 0 fully saturated rings. The van der Waals surface area contributed by atoms with Crippen LogP contribution in [0.5, 0.6) is 0 Å². The zero-order valence-electron chi connectivity index (χ0n) is 14.5. The molecule has 2 aliphatic rings. The molecule has 0 aliphatic heterocycles.